The fraction of sp³-hybridized carbons (Fsp3) is 0.133. The summed E-state index contributed by atoms with van der Waals surface area (Å²) in [5.74, 6) is 0. The van der Waals surface area contributed by atoms with Crippen LogP contribution in [0.25, 0.3) is 0 Å². The van der Waals surface area contributed by atoms with Crippen LogP contribution in [0.1, 0.15) is 24.1 Å². The minimum atomic E-state index is 0.146. The van der Waals surface area contributed by atoms with Gasteiger partial charge < -0.3 is 11.1 Å². The van der Waals surface area contributed by atoms with Crippen LogP contribution in [-0.2, 0) is 0 Å². The first-order valence-corrected chi connectivity index (χ1v) is 6.78. The average molecular weight is 291 g/mol. The van der Waals surface area contributed by atoms with Crippen molar-refractivity contribution in [2.75, 3.05) is 5.32 Å². The first-order valence-electron chi connectivity index (χ1n) is 5.99. The number of benzene rings is 2. The highest BCUT2D eigenvalue weighted by molar-refractivity contribution is 7.80. The third-order valence-electron chi connectivity index (χ3n) is 2.93. The van der Waals surface area contributed by atoms with Crippen molar-refractivity contribution in [2.24, 2.45) is 5.73 Å². The van der Waals surface area contributed by atoms with Crippen molar-refractivity contribution >= 4 is 34.5 Å². The Kier molecular flexibility index (Phi) is 4.40. The lowest BCUT2D eigenvalue weighted by Gasteiger charge is -2.18. The molecule has 2 aromatic carbocycles. The zero-order valence-corrected chi connectivity index (χ0v) is 12.1. The second-order valence-corrected chi connectivity index (χ2v) is 5.15. The number of hydrogen-bond donors (Lipinski definition) is 2. The Hall–Kier alpha value is -1.58. The maximum absolute atomic E-state index is 6.15. The highest BCUT2D eigenvalue weighted by Crippen LogP contribution is 2.27. The van der Waals surface area contributed by atoms with Gasteiger partial charge in [0.1, 0.15) is 4.99 Å². The molecule has 2 nitrogen and oxygen atoms in total. The molecule has 0 aliphatic heterocycles. The summed E-state index contributed by atoms with van der Waals surface area (Å²) in [6, 6.07) is 15.9. The number of hydrogen-bond acceptors (Lipinski definition) is 2. The first kappa shape index (κ1) is 13.8. The summed E-state index contributed by atoms with van der Waals surface area (Å²) in [7, 11) is 0. The number of nitrogens with two attached hydrogens (primary N) is 1. The molecule has 0 bridgehead atoms. The molecule has 0 fully saturated rings. The van der Waals surface area contributed by atoms with Crippen molar-refractivity contribution in [3.8, 4) is 0 Å². The van der Waals surface area contributed by atoms with Crippen LogP contribution in [-0.4, -0.2) is 4.99 Å². The lowest BCUT2D eigenvalue weighted by atomic mass is 10.1. The van der Waals surface area contributed by atoms with E-state index in [2.05, 4.69) is 24.4 Å². The molecule has 0 aromatic heterocycles. The van der Waals surface area contributed by atoms with Crippen LogP contribution in [0.5, 0.6) is 0 Å². The fourth-order valence-corrected chi connectivity index (χ4v) is 2.51. The largest absolute Gasteiger partial charge is 0.389 e. The first-order chi connectivity index (χ1) is 9.09. The zero-order chi connectivity index (χ0) is 13.8. The minimum absolute atomic E-state index is 0.146. The normalized spacial score (nSPS) is 11.9. The highest BCUT2D eigenvalue weighted by atomic mass is 35.5. The van der Waals surface area contributed by atoms with Crippen molar-refractivity contribution in [3.05, 3.63) is 64.7 Å². The Labute approximate surface area is 123 Å². The van der Waals surface area contributed by atoms with Gasteiger partial charge in [-0.1, -0.05) is 60.2 Å². The predicted molar refractivity (Wildman–Crippen MR) is 85.8 cm³/mol. The quantitative estimate of drug-likeness (QED) is 0.831. The van der Waals surface area contributed by atoms with Gasteiger partial charge in [0, 0.05) is 11.7 Å². The lowest BCUT2D eigenvalue weighted by Crippen LogP contribution is -2.15. The monoisotopic (exact) mass is 290 g/mol. The molecule has 0 amide bonds. The van der Waals surface area contributed by atoms with Crippen LogP contribution in [0.2, 0.25) is 5.02 Å². The van der Waals surface area contributed by atoms with Gasteiger partial charge in [0.05, 0.1) is 10.6 Å². The Bertz CT molecular complexity index is 584. The Balaban J connectivity index is 2.29. The molecule has 19 heavy (non-hydrogen) atoms. The average Bonchev–Trinajstić information content (AvgIpc) is 2.39. The van der Waals surface area contributed by atoms with Crippen molar-refractivity contribution < 1.29 is 0 Å². The van der Waals surface area contributed by atoms with Gasteiger partial charge in [-0.3, -0.25) is 0 Å². The molecule has 0 aliphatic carbocycles. The van der Waals surface area contributed by atoms with E-state index in [1.165, 1.54) is 5.56 Å². The van der Waals surface area contributed by atoms with E-state index in [9.17, 15) is 0 Å². The van der Waals surface area contributed by atoms with E-state index in [1.54, 1.807) is 6.07 Å². The van der Waals surface area contributed by atoms with Gasteiger partial charge in [-0.2, -0.15) is 0 Å². The number of thiocarbonyl (C=S) groups is 1. The van der Waals surface area contributed by atoms with Gasteiger partial charge in [0.15, 0.2) is 0 Å². The Morgan fingerprint density at radius 1 is 1.16 bits per heavy atom. The number of nitrogens with one attached hydrogen (secondary N) is 1. The third kappa shape index (κ3) is 3.25. The van der Waals surface area contributed by atoms with Crippen LogP contribution < -0.4 is 11.1 Å². The molecule has 0 heterocycles. The summed E-state index contributed by atoms with van der Waals surface area (Å²) >= 11 is 11.2. The van der Waals surface area contributed by atoms with Crippen molar-refractivity contribution in [1.82, 2.24) is 0 Å². The molecule has 0 aliphatic rings. The van der Waals surface area contributed by atoms with Crippen LogP contribution in [0, 0.1) is 0 Å². The molecule has 1 unspecified atom stereocenters. The van der Waals surface area contributed by atoms with E-state index in [0.717, 1.165) is 5.69 Å². The minimum Gasteiger partial charge on any atom is -0.389 e. The maximum atomic E-state index is 6.15. The van der Waals surface area contributed by atoms with Gasteiger partial charge in [-0.15, -0.1) is 0 Å². The fourth-order valence-electron chi connectivity index (χ4n) is 1.95. The van der Waals surface area contributed by atoms with Crippen molar-refractivity contribution in [3.63, 3.8) is 0 Å². The number of halogens is 1. The molecule has 0 saturated carbocycles. The summed E-state index contributed by atoms with van der Waals surface area (Å²) in [6.07, 6.45) is 0. The maximum Gasteiger partial charge on any atom is 0.107 e. The Morgan fingerprint density at radius 2 is 1.84 bits per heavy atom. The van der Waals surface area contributed by atoms with E-state index in [-0.39, 0.29) is 6.04 Å². The molecule has 0 radical (unpaired) electrons. The van der Waals surface area contributed by atoms with E-state index >= 15 is 0 Å². The van der Waals surface area contributed by atoms with Gasteiger partial charge in [0.2, 0.25) is 0 Å². The molecular formula is C15H15ClN2S. The van der Waals surface area contributed by atoms with Crippen LogP contribution in [0.3, 0.4) is 0 Å². The molecule has 2 rings (SSSR count). The van der Waals surface area contributed by atoms with Crippen LogP contribution >= 0.6 is 23.8 Å². The van der Waals surface area contributed by atoms with E-state index in [0.29, 0.717) is 15.6 Å². The summed E-state index contributed by atoms with van der Waals surface area (Å²) in [4.78, 5) is 0.299. The SMILES string of the molecule is CC(Nc1cccc(Cl)c1C(N)=S)c1ccccc1. The van der Waals surface area contributed by atoms with Crippen molar-refractivity contribution in [1.29, 1.82) is 0 Å². The summed E-state index contributed by atoms with van der Waals surface area (Å²) in [5, 5.41) is 3.96. The standard InChI is InChI=1S/C15H15ClN2S/c1-10(11-6-3-2-4-7-11)18-13-9-5-8-12(16)14(13)15(17)19/h2-10,18H,1H3,(H2,17,19). The van der Waals surface area contributed by atoms with E-state index in [4.69, 9.17) is 29.6 Å². The highest BCUT2D eigenvalue weighted by Gasteiger charge is 2.12. The summed E-state index contributed by atoms with van der Waals surface area (Å²) in [6.45, 7) is 2.08. The van der Waals surface area contributed by atoms with Crippen molar-refractivity contribution in [2.45, 2.75) is 13.0 Å². The zero-order valence-electron chi connectivity index (χ0n) is 10.6. The Morgan fingerprint density at radius 3 is 2.47 bits per heavy atom. The number of rotatable bonds is 4. The molecule has 0 spiro atoms. The van der Waals surface area contributed by atoms with Gasteiger partial charge in [-0.05, 0) is 24.6 Å². The van der Waals surface area contributed by atoms with Gasteiger partial charge in [-0.25, -0.2) is 0 Å². The summed E-state index contributed by atoms with van der Waals surface area (Å²) in [5.41, 5.74) is 8.48. The lowest BCUT2D eigenvalue weighted by molar-refractivity contribution is 0.884. The molecular weight excluding hydrogens is 276 g/mol. The molecule has 4 heteroatoms. The van der Waals surface area contributed by atoms with E-state index in [1.807, 2.05) is 30.3 Å². The van der Waals surface area contributed by atoms with Crippen LogP contribution in [0.4, 0.5) is 5.69 Å². The molecule has 0 saturated heterocycles. The molecule has 1 atom stereocenters. The molecule has 2 aromatic rings. The molecule has 3 N–H and O–H groups in total. The number of anilines is 1. The summed E-state index contributed by atoms with van der Waals surface area (Å²) < 4.78 is 0. The molecule has 98 valence electrons. The van der Waals surface area contributed by atoms with E-state index < -0.39 is 0 Å². The predicted octanol–water partition coefficient (Wildman–Crippen LogP) is 4.15. The second-order valence-electron chi connectivity index (χ2n) is 4.30. The van der Waals surface area contributed by atoms with Gasteiger partial charge >= 0.3 is 0 Å². The van der Waals surface area contributed by atoms with Crippen LogP contribution in [0.15, 0.2) is 48.5 Å². The third-order valence-corrected chi connectivity index (χ3v) is 3.45. The smallest absolute Gasteiger partial charge is 0.107 e. The van der Waals surface area contributed by atoms with Gasteiger partial charge in [0.25, 0.3) is 0 Å². The topological polar surface area (TPSA) is 38.0 Å². The second kappa shape index (κ2) is 6.04.